The minimum absolute atomic E-state index is 0.137. The summed E-state index contributed by atoms with van der Waals surface area (Å²) in [7, 11) is 0. The Morgan fingerprint density at radius 1 is 1.20 bits per heavy atom. The Balaban J connectivity index is 1.56. The first-order chi connectivity index (χ1) is 9.81. The van der Waals surface area contributed by atoms with Gasteiger partial charge in [-0.15, -0.1) is 0 Å². The largest absolute Gasteiger partial charge is 0.470 e. The van der Waals surface area contributed by atoms with Crippen molar-refractivity contribution in [3.63, 3.8) is 0 Å². The molecule has 1 aliphatic rings. The van der Waals surface area contributed by atoms with Crippen molar-refractivity contribution in [2.24, 2.45) is 0 Å². The summed E-state index contributed by atoms with van der Waals surface area (Å²) in [5.74, 6) is 0.799. The summed E-state index contributed by atoms with van der Waals surface area (Å²) < 4.78 is 5.83. The molecule has 5 heteroatoms. The van der Waals surface area contributed by atoms with E-state index in [1.807, 2.05) is 6.07 Å². The van der Waals surface area contributed by atoms with Crippen molar-refractivity contribution in [2.75, 3.05) is 18.8 Å². The number of aromatic nitrogens is 2. The van der Waals surface area contributed by atoms with Crippen molar-refractivity contribution in [2.45, 2.75) is 19.1 Å². The fraction of sp³-hybridized carbons (Fsp3) is 0.333. The third-order valence-corrected chi connectivity index (χ3v) is 3.45. The first-order valence-corrected chi connectivity index (χ1v) is 6.80. The highest BCUT2D eigenvalue weighted by Crippen LogP contribution is 2.21. The molecule has 0 saturated carbocycles. The van der Waals surface area contributed by atoms with Crippen LogP contribution in [0.2, 0.25) is 0 Å². The van der Waals surface area contributed by atoms with Crippen LogP contribution in [0.4, 0.5) is 5.82 Å². The number of benzene rings is 1. The highest BCUT2D eigenvalue weighted by Gasteiger charge is 2.24. The zero-order valence-corrected chi connectivity index (χ0v) is 11.3. The van der Waals surface area contributed by atoms with Crippen molar-refractivity contribution in [1.29, 1.82) is 0 Å². The molecule has 1 aromatic carbocycles. The Morgan fingerprint density at radius 2 is 2.00 bits per heavy atom. The van der Waals surface area contributed by atoms with Gasteiger partial charge in [0, 0.05) is 32.0 Å². The second-order valence-corrected chi connectivity index (χ2v) is 5.00. The molecule has 3 rings (SSSR count). The molecule has 1 fully saturated rings. The lowest BCUT2D eigenvalue weighted by molar-refractivity contribution is 0.192. The van der Waals surface area contributed by atoms with Gasteiger partial charge in [-0.1, -0.05) is 30.3 Å². The number of hydrogen-bond donors (Lipinski definition) is 1. The van der Waals surface area contributed by atoms with Crippen LogP contribution in [0.3, 0.4) is 0 Å². The van der Waals surface area contributed by atoms with E-state index in [0.717, 1.165) is 26.1 Å². The molecule has 5 nitrogen and oxygen atoms in total. The van der Waals surface area contributed by atoms with Gasteiger partial charge in [-0.3, -0.25) is 4.90 Å². The first kappa shape index (κ1) is 12.9. The van der Waals surface area contributed by atoms with Crippen molar-refractivity contribution in [3.05, 3.63) is 48.3 Å². The molecular formula is C15H18N4O. The van der Waals surface area contributed by atoms with Gasteiger partial charge in [0.1, 0.15) is 6.10 Å². The third-order valence-electron chi connectivity index (χ3n) is 3.45. The summed E-state index contributed by atoms with van der Waals surface area (Å²) in [4.78, 5) is 10.5. The Morgan fingerprint density at radius 3 is 2.80 bits per heavy atom. The number of rotatable bonds is 4. The van der Waals surface area contributed by atoms with E-state index in [1.165, 1.54) is 5.56 Å². The van der Waals surface area contributed by atoms with E-state index in [1.54, 1.807) is 12.4 Å². The molecule has 20 heavy (non-hydrogen) atoms. The van der Waals surface area contributed by atoms with Crippen molar-refractivity contribution < 1.29 is 4.74 Å². The molecule has 0 spiro atoms. The predicted molar refractivity (Wildman–Crippen MR) is 77.2 cm³/mol. The van der Waals surface area contributed by atoms with E-state index in [9.17, 15) is 0 Å². The molecule has 1 saturated heterocycles. The molecule has 1 unspecified atom stereocenters. The summed E-state index contributed by atoms with van der Waals surface area (Å²) in [5, 5.41) is 0. The SMILES string of the molecule is Nc1nccnc1OC1CCN(Cc2ccccc2)C1. The maximum atomic E-state index is 5.83. The molecule has 1 atom stereocenters. The number of nitrogens with zero attached hydrogens (tertiary/aromatic N) is 3. The zero-order valence-electron chi connectivity index (χ0n) is 11.3. The van der Waals surface area contributed by atoms with Crippen LogP contribution in [0.5, 0.6) is 5.88 Å². The number of anilines is 1. The average molecular weight is 270 g/mol. The molecule has 0 radical (unpaired) electrons. The summed E-state index contributed by atoms with van der Waals surface area (Å²) >= 11 is 0. The minimum Gasteiger partial charge on any atom is -0.470 e. The highest BCUT2D eigenvalue weighted by atomic mass is 16.5. The second kappa shape index (κ2) is 5.88. The van der Waals surface area contributed by atoms with Gasteiger partial charge < -0.3 is 10.5 Å². The lowest BCUT2D eigenvalue weighted by atomic mass is 10.2. The average Bonchev–Trinajstić information content (AvgIpc) is 2.90. The fourth-order valence-corrected chi connectivity index (χ4v) is 2.46. The van der Waals surface area contributed by atoms with Crippen LogP contribution in [0.15, 0.2) is 42.7 Å². The maximum absolute atomic E-state index is 5.83. The lowest BCUT2D eigenvalue weighted by Gasteiger charge is -2.16. The van der Waals surface area contributed by atoms with E-state index in [2.05, 4.69) is 39.1 Å². The molecule has 2 aromatic rings. The van der Waals surface area contributed by atoms with E-state index >= 15 is 0 Å². The Hall–Kier alpha value is -2.14. The van der Waals surface area contributed by atoms with E-state index in [4.69, 9.17) is 10.5 Å². The summed E-state index contributed by atoms with van der Waals surface area (Å²) in [6.07, 6.45) is 4.29. The Labute approximate surface area is 118 Å². The van der Waals surface area contributed by atoms with Crippen LogP contribution < -0.4 is 10.5 Å². The van der Waals surface area contributed by atoms with Crippen LogP contribution in [0.25, 0.3) is 0 Å². The summed E-state index contributed by atoms with van der Waals surface area (Å²) in [6.45, 7) is 2.88. The van der Waals surface area contributed by atoms with Crippen LogP contribution in [0.1, 0.15) is 12.0 Å². The Bertz CT molecular complexity index is 561. The predicted octanol–water partition coefficient (Wildman–Crippen LogP) is 1.71. The van der Waals surface area contributed by atoms with Gasteiger partial charge >= 0.3 is 0 Å². The number of ether oxygens (including phenoxy) is 1. The number of likely N-dealkylation sites (tertiary alicyclic amines) is 1. The van der Waals surface area contributed by atoms with Gasteiger partial charge in [-0.2, -0.15) is 0 Å². The first-order valence-electron chi connectivity index (χ1n) is 6.80. The quantitative estimate of drug-likeness (QED) is 0.916. The van der Waals surface area contributed by atoms with E-state index < -0.39 is 0 Å². The minimum atomic E-state index is 0.137. The molecule has 0 amide bonds. The van der Waals surface area contributed by atoms with Gasteiger partial charge in [-0.25, -0.2) is 9.97 Å². The van der Waals surface area contributed by atoms with Gasteiger partial charge in [0.25, 0.3) is 5.88 Å². The molecule has 2 N–H and O–H groups in total. The monoisotopic (exact) mass is 270 g/mol. The van der Waals surface area contributed by atoms with Gasteiger partial charge in [0.2, 0.25) is 0 Å². The van der Waals surface area contributed by atoms with Crippen molar-refractivity contribution in [3.8, 4) is 5.88 Å². The molecule has 2 heterocycles. The molecule has 104 valence electrons. The molecular weight excluding hydrogens is 252 g/mol. The topological polar surface area (TPSA) is 64.3 Å². The second-order valence-electron chi connectivity index (χ2n) is 5.00. The number of hydrogen-bond acceptors (Lipinski definition) is 5. The summed E-state index contributed by atoms with van der Waals surface area (Å²) in [5.41, 5.74) is 7.07. The standard InChI is InChI=1S/C15H18N4O/c16-14-15(18-8-7-17-14)20-13-6-9-19(11-13)10-12-4-2-1-3-5-12/h1-5,7-8,13H,6,9-11H2,(H2,16,17). The fourth-order valence-electron chi connectivity index (χ4n) is 2.46. The molecule has 1 aliphatic heterocycles. The zero-order chi connectivity index (χ0) is 13.8. The highest BCUT2D eigenvalue weighted by molar-refractivity contribution is 5.38. The lowest BCUT2D eigenvalue weighted by Crippen LogP contribution is -2.25. The van der Waals surface area contributed by atoms with Crippen LogP contribution in [-0.2, 0) is 6.54 Å². The molecule has 0 aliphatic carbocycles. The van der Waals surface area contributed by atoms with Gasteiger partial charge in [0.15, 0.2) is 5.82 Å². The maximum Gasteiger partial charge on any atom is 0.257 e. The van der Waals surface area contributed by atoms with Crippen molar-refractivity contribution >= 4 is 5.82 Å². The van der Waals surface area contributed by atoms with Crippen LogP contribution in [0, 0.1) is 0 Å². The summed E-state index contributed by atoms with van der Waals surface area (Å²) in [6, 6.07) is 10.5. The van der Waals surface area contributed by atoms with Gasteiger partial charge in [0.05, 0.1) is 0 Å². The van der Waals surface area contributed by atoms with E-state index in [-0.39, 0.29) is 6.10 Å². The van der Waals surface area contributed by atoms with Crippen molar-refractivity contribution in [1.82, 2.24) is 14.9 Å². The Kier molecular flexibility index (Phi) is 3.78. The molecule has 0 bridgehead atoms. The molecule has 1 aromatic heterocycles. The smallest absolute Gasteiger partial charge is 0.257 e. The third kappa shape index (κ3) is 3.05. The van der Waals surface area contributed by atoms with Crippen LogP contribution in [-0.4, -0.2) is 34.1 Å². The normalized spacial score (nSPS) is 19.1. The number of nitrogen functional groups attached to an aromatic ring is 1. The van der Waals surface area contributed by atoms with Crippen LogP contribution >= 0.6 is 0 Å². The number of nitrogens with two attached hydrogens (primary N) is 1. The van der Waals surface area contributed by atoms with Gasteiger partial charge in [-0.05, 0) is 12.0 Å². The van der Waals surface area contributed by atoms with E-state index in [0.29, 0.717) is 11.7 Å².